The lowest BCUT2D eigenvalue weighted by atomic mass is 9.44. The first-order valence-electron chi connectivity index (χ1n) is 12.4. The van der Waals surface area contributed by atoms with E-state index >= 15 is 8.78 Å². The van der Waals surface area contributed by atoms with Gasteiger partial charge in [0.15, 0.2) is 17.1 Å². The minimum atomic E-state index is -2.50. The quantitative estimate of drug-likeness (QED) is 0.599. The molecule has 2 N–H and O–H groups in total. The highest BCUT2D eigenvalue weighted by atomic mass is 19.2. The number of ketones is 1. The number of carbonyl (C=O) groups is 2. The van der Waals surface area contributed by atoms with Gasteiger partial charge in [-0.15, -0.1) is 0 Å². The number of hydrogen-bond acceptors (Lipinski definition) is 5. The summed E-state index contributed by atoms with van der Waals surface area (Å²) in [6.45, 7) is 4.54. The highest BCUT2D eigenvalue weighted by molar-refractivity contribution is 6.04. The highest BCUT2D eigenvalue weighted by Gasteiger charge is 2.77. The summed E-state index contributed by atoms with van der Waals surface area (Å²) in [6.07, 6.45) is -2.21. The van der Waals surface area contributed by atoms with Gasteiger partial charge in [0.05, 0.1) is 6.10 Å². The molecule has 194 valence electrons. The second-order valence-corrected chi connectivity index (χ2v) is 11.4. The van der Waals surface area contributed by atoms with Crippen molar-refractivity contribution in [3.8, 4) is 0 Å². The normalized spacial score (nSPS) is 45.7. The molecule has 1 aromatic rings. The third-order valence-corrected chi connectivity index (χ3v) is 9.81. The van der Waals surface area contributed by atoms with Gasteiger partial charge in [0.2, 0.25) is 5.78 Å². The smallest absolute Gasteiger partial charge is 0.339 e. The van der Waals surface area contributed by atoms with Crippen LogP contribution in [-0.4, -0.2) is 45.5 Å². The molecule has 0 spiro atoms. The number of benzene rings is 1. The number of rotatable bonds is 3. The molecule has 1 aromatic carbocycles. The van der Waals surface area contributed by atoms with Crippen LogP contribution in [0.1, 0.15) is 45.6 Å². The number of allylic oxidation sites excluding steroid dienone is 4. The van der Waals surface area contributed by atoms with E-state index in [9.17, 15) is 24.2 Å². The number of esters is 1. The lowest BCUT2D eigenvalue weighted by molar-refractivity contribution is -0.232. The minimum Gasteiger partial charge on any atom is -0.459 e. The van der Waals surface area contributed by atoms with Crippen molar-refractivity contribution in [2.75, 3.05) is 0 Å². The Bertz CT molecular complexity index is 1170. The van der Waals surface area contributed by atoms with Crippen LogP contribution in [0.2, 0.25) is 0 Å². The second kappa shape index (κ2) is 8.02. The third kappa shape index (κ3) is 2.97. The first kappa shape index (κ1) is 25.2. The standard InChI is InChI=1S/C28H31F3O5/c1-15-11-17-18-12-19(29)22-23(30)20(32)9-10-25(22,2)27(18,31)21(33)13-26(17,3)28(15,35)24(34)36-14-16-7-5-4-6-8-16/h4-10,15,17-19,21,33,35H,11-14H2,1-3H3/t15-,17+,18+,19+,21+,25+,26+,27+,28-/m1/s1. The largest absolute Gasteiger partial charge is 0.459 e. The summed E-state index contributed by atoms with van der Waals surface area (Å²) in [5, 5.41) is 23.2. The van der Waals surface area contributed by atoms with Crippen molar-refractivity contribution in [2.45, 2.75) is 70.2 Å². The molecule has 0 aliphatic heterocycles. The molecule has 36 heavy (non-hydrogen) atoms. The molecule has 9 atom stereocenters. The number of hydrogen-bond donors (Lipinski definition) is 2. The van der Waals surface area contributed by atoms with Gasteiger partial charge in [-0.2, -0.15) is 0 Å². The van der Waals surface area contributed by atoms with Crippen LogP contribution in [0.3, 0.4) is 0 Å². The Morgan fingerprint density at radius 3 is 2.50 bits per heavy atom. The van der Waals surface area contributed by atoms with E-state index < -0.39 is 81.7 Å². The van der Waals surface area contributed by atoms with E-state index in [0.717, 1.165) is 17.7 Å². The first-order valence-corrected chi connectivity index (χ1v) is 12.4. The van der Waals surface area contributed by atoms with Crippen molar-refractivity contribution in [2.24, 2.45) is 28.6 Å². The number of aliphatic hydroxyl groups excluding tert-OH is 1. The monoisotopic (exact) mass is 504 g/mol. The maximum absolute atomic E-state index is 17.2. The second-order valence-electron chi connectivity index (χ2n) is 11.4. The summed E-state index contributed by atoms with van der Waals surface area (Å²) >= 11 is 0. The molecule has 0 aromatic heterocycles. The van der Waals surface area contributed by atoms with Gasteiger partial charge >= 0.3 is 5.97 Å². The molecule has 0 heterocycles. The summed E-state index contributed by atoms with van der Waals surface area (Å²) < 4.78 is 53.0. The molecule has 3 fully saturated rings. The van der Waals surface area contributed by atoms with Crippen molar-refractivity contribution >= 4 is 11.8 Å². The molecule has 0 unspecified atom stereocenters. The maximum Gasteiger partial charge on any atom is 0.339 e. The van der Waals surface area contributed by atoms with Crippen molar-refractivity contribution in [3.05, 3.63) is 59.4 Å². The van der Waals surface area contributed by atoms with Gasteiger partial charge < -0.3 is 14.9 Å². The Morgan fingerprint density at radius 1 is 1.17 bits per heavy atom. The Hall–Kier alpha value is -2.45. The summed E-state index contributed by atoms with van der Waals surface area (Å²) in [6, 6.07) is 8.96. The zero-order chi connectivity index (χ0) is 26.3. The van der Waals surface area contributed by atoms with Crippen LogP contribution in [0.5, 0.6) is 0 Å². The highest BCUT2D eigenvalue weighted by Crippen LogP contribution is 2.71. The molecule has 8 heteroatoms. The molecule has 0 amide bonds. The van der Waals surface area contributed by atoms with Crippen LogP contribution in [0.15, 0.2) is 53.9 Å². The van der Waals surface area contributed by atoms with Crippen molar-refractivity contribution < 1.29 is 37.7 Å². The van der Waals surface area contributed by atoms with E-state index in [-0.39, 0.29) is 19.4 Å². The number of alkyl halides is 2. The van der Waals surface area contributed by atoms with Crippen molar-refractivity contribution in [1.29, 1.82) is 0 Å². The van der Waals surface area contributed by atoms with E-state index in [0.29, 0.717) is 0 Å². The molecule has 4 aliphatic carbocycles. The summed E-state index contributed by atoms with van der Waals surface area (Å²) in [5.74, 6) is -5.68. The molecule has 4 aliphatic rings. The molecule has 0 radical (unpaired) electrons. The summed E-state index contributed by atoms with van der Waals surface area (Å²) in [4.78, 5) is 25.3. The van der Waals surface area contributed by atoms with E-state index in [1.165, 1.54) is 6.92 Å². The van der Waals surface area contributed by atoms with Gasteiger partial charge in [-0.1, -0.05) is 50.3 Å². The SMILES string of the molecule is C[C@@H]1C[C@H]2[C@@H]3C[C@H](F)C4=C(F)C(=O)C=C[C@]4(C)[C@@]3(F)[C@@H](O)C[C@]2(C)[C@]1(O)C(=O)OCc1ccccc1. The van der Waals surface area contributed by atoms with Crippen molar-refractivity contribution in [3.63, 3.8) is 0 Å². The molecule has 0 saturated heterocycles. The maximum atomic E-state index is 17.2. The predicted octanol–water partition coefficient (Wildman–Crippen LogP) is 4.32. The van der Waals surface area contributed by atoms with Gasteiger partial charge in [-0.05, 0) is 49.7 Å². The van der Waals surface area contributed by atoms with Crippen LogP contribution in [0.4, 0.5) is 13.2 Å². The fourth-order valence-corrected chi connectivity index (χ4v) is 7.90. The van der Waals surface area contributed by atoms with Crippen LogP contribution in [0.25, 0.3) is 0 Å². The molecular weight excluding hydrogens is 473 g/mol. The van der Waals surface area contributed by atoms with E-state index in [4.69, 9.17) is 4.74 Å². The Balaban J connectivity index is 1.53. The minimum absolute atomic E-state index is 0.0641. The van der Waals surface area contributed by atoms with E-state index in [1.54, 1.807) is 38.1 Å². The number of fused-ring (bicyclic) bond motifs is 5. The number of carbonyl (C=O) groups excluding carboxylic acids is 2. The van der Waals surface area contributed by atoms with Crippen LogP contribution >= 0.6 is 0 Å². The van der Waals surface area contributed by atoms with Crippen molar-refractivity contribution in [1.82, 2.24) is 0 Å². The van der Waals surface area contributed by atoms with Crippen LogP contribution < -0.4 is 0 Å². The molecule has 0 bridgehead atoms. The lowest BCUT2D eigenvalue weighted by Gasteiger charge is -2.62. The molecule has 3 saturated carbocycles. The predicted molar refractivity (Wildman–Crippen MR) is 124 cm³/mol. The average molecular weight is 505 g/mol. The third-order valence-electron chi connectivity index (χ3n) is 9.81. The van der Waals surface area contributed by atoms with Crippen LogP contribution in [-0.2, 0) is 20.9 Å². The van der Waals surface area contributed by atoms with E-state index in [1.807, 2.05) is 6.07 Å². The summed E-state index contributed by atoms with van der Waals surface area (Å²) in [7, 11) is 0. The lowest BCUT2D eigenvalue weighted by Crippen LogP contribution is -2.70. The van der Waals surface area contributed by atoms with E-state index in [2.05, 4.69) is 0 Å². The van der Waals surface area contributed by atoms with Gasteiger partial charge in [0.25, 0.3) is 0 Å². The zero-order valence-corrected chi connectivity index (χ0v) is 20.5. The number of ether oxygens (including phenoxy) is 1. The molecule has 5 rings (SSSR count). The fourth-order valence-electron chi connectivity index (χ4n) is 7.90. The Morgan fingerprint density at radius 2 is 1.83 bits per heavy atom. The molecule has 5 nitrogen and oxygen atoms in total. The van der Waals surface area contributed by atoms with Crippen LogP contribution in [0, 0.1) is 28.6 Å². The first-order chi connectivity index (χ1) is 16.8. The van der Waals surface area contributed by atoms with Gasteiger partial charge in [-0.3, -0.25) is 4.79 Å². The Labute approximate surface area is 208 Å². The molecular formula is C28H31F3O5. The summed E-state index contributed by atoms with van der Waals surface area (Å²) in [5.41, 5.74) is -7.58. The number of aliphatic hydroxyl groups is 2. The average Bonchev–Trinajstić information content (AvgIpc) is 3.04. The Kier molecular flexibility index (Phi) is 5.62. The van der Waals surface area contributed by atoms with Gasteiger partial charge in [-0.25, -0.2) is 18.0 Å². The fraction of sp³-hybridized carbons (Fsp3) is 0.571. The zero-order valence-electron chi connectivity index (χ0n) is 20.5. The number of halogens is 3. The topological polar surface area (TPSA) is 83.8 Å². The van der Waals surface area contributed by atoms with Gasteiger partial charge in [0, 0.05) is 22.3 Å². The van der Waals surface area contributed by atoms with Gasteiger partial charge in [0.1, 0.15) is 12.8 Å².